The van der Waals surface area contributed by atoms with Crippen molar-refractivity contribution >= 4 is 45.4 Å². The van der Waals surface area contributed by atoms with Gasteiger partial charge < -0.3 is 9.30 Å². The molecular formula is C29H25ClFN7O3. The van der Waals surface area contributed by atoms with E-state index in [9.17, 15) is 9.59 Å². The smallest absolute Gasteiger partial charge is 0.311 e. The minimum absolute atomic E-state index is 0.110. The van der Waals surface area contributed by atoms with Crippen LogP contribution in [0, 0.1) is 23.6 Å². The summed E-state index contributed by atoms with van der Waals surface area (Å²) in [4.78, 5) is 43.7. The number of hydrogen-bond acceptors (Lipinski definition) is 8. The molecule has 5 aromatic rings. The molecule has 3 aliphatic rings. The molecule has 2 bridgehead atoms. The Hall–Kier alpha value is -4.25. The van der Waals surface area contributed by atoms with Crippen LogP contribution in [0.5, 0.6) is 0 Å². The Balaban J connectivity index is 1.35. The number of esters is 1. The van der Waals surface area contributed by atoms with Gasteiger partial charge in [-0.3, -0.25) is 14.6 Å². The van der Waals surface area contributed by atoms with E-state index < -0.39 is 5.82 Å². The summed E-state index contributed by atoms with van der Waals surface area (Å²) in [5.74, 6) is -0.734. The van der Waals surface area contributed by atoms with Crippen LogP contribution in [0.25, 0.3) is 33.6 Å². The summed E-state index contributed by atoms with van der Waals surface area (Å²) >= 11 is 6.29. The molecule has 3 saturated carbocycles. The van der Waals surface area contributed by atoms with Crippen LogP contribution in [-0.4, -0.2) is 53.1 Å². The van der Waals surface area contributed by atoms with Gasteiger partial charge in [0, 0.05) is 24.8 Å². The van der Waals surface area contributed by atoms with E-state index in [0.29, 0.717) is 33.1 Å². The molecule has 0 radical (unpaired) electrons. The number of pyridine rings is 2. The van der Waals surface area contributed by atoms with E-state index in [-0.39, 0.29) is 53.3 Å². The zero-order valence-corrected chi connectivity index (χ0v) is 22.8. The molecule has 0 spiro atoms. The summed E-state index contributed by atoms with van der Waals surface area (Å²) in [5.41, 5.74) is 1.46. The minimum Gasteiger partial charge on any atom is -0.469 e. The van der Waals surface area contributed by atoms with Crippen molar-refractivity contribution in [1.29, 1.82) is 0 Å². The van der Waals surface area contributed by atoms with Crippen LogP contribution in [0.1, 0.15) is 42.2 Å². The third kappa shape index (κ3) is 4.26. The highest BCUT2D eigenvalue weighted by molar-refractivity contribution is 6.31. The maximum absolute atomic E-state index is 15.3. The lowest BCUT2D eigenvalue weighted by atomic mass is 9.61. The highest BCUT2D eigenvalue weighted by Gasteiger charge is 2.49. The van der Waals surface area contributed by atoms with Crippen molar-refractivity contribution in [3.8, 4) is 11.5 Å². The largest absolute Gasteiger partial charge is 0.469 e. The van der Waals surface area contributed by atoms with Gasteiger partial charge in [-0.25, -0.2) is 24.0 Å². The van der Waals surface area contributed by atoms with E-state index in [1.165, 1.54) is 30.4 Å². The molecular weight excluding hydrogens is 549 g/mol. The molecule has 208 valence electrons. The van der Waals surface area contributed by atoms with Gasteiger partial charge >= 0.3 is 5.97 Å². The average molecular weight is 574 g/mol. The van der Waals surface area contributed by atoms with Crippen LogP contribution < -0.4 is 0 Å². The van der Waals surface area contributed by atoms with Gasteiger partial charge in [0.15, 0.2) is 17.3 Å². The number of ether oxygens (including phenoxy) is 1. The molecule has 41 heavy (non-hydrogen) atoms. The lowest BCUT2D eigenvalue weighted by Gasteiger charge is -2.47. The number of ketones is 1. The number of nitrogens with zero attached hydrogens (tertiary/aromatic N) is 7. The predicted molar refractivity (Wildman–Crippen MR) is 148 cm³/mol. The molecule has 0 saturated heterocycles. The predicted octanol–water partition coefficient (Wildman–Crippen LogP) is 5.06. The molecule has 5 aromatic heterocycles. The molecule has 0 aromatic carbocycles. The number of rotatable bonds is 6. The first-order valence-corrected chi connectivity index (χ1v) is 13.9. The van der Waals surface area contributed by atoms with Gasteiger partial charge in [-0.2, -0.15) is 5.10 Å². The van der Waals surface area contributed by atoms with Gasteiger partial charge in [0.05, 0.1) is 34.9 Å². The SMILES string of the molecule is COC(=O)[C@H]1C2CCC(CC2)[C@@H]1n1cc(F)c2cnc(-c3nn(CC(=O)c4ccccn4)c4ncc(Cl)cc34)nc21. The summed E-state index contributed by atoms with van der Waals surface area (Å²) in [7, 11) is 1.40. The van der Waals surface area contributed by atoms with E-state index >= 15 is 4.39 Å². The van der Waals surface area contributed by atoms with Crippen LogP contribution in [0.15, 0.2) is 49.1 Å². The summed E-state index contributed by atoms with van der Waals surface area (Å²) in [6, 6.07) is 6.53. The fourth-order valence-electron chi connectivity index (χ4n) is 6.67. The Morgan fingerprint density at radius 2 is 1.85 bits per heavy atom. The van der Waals surface area contributed by atoms with E-state index in [2.05, 4.69) is 20.1 Å². The van der Waals surface area contributed by atoms with E-state index in [4.69, 9.17) is 21.3 Å². The minimum atomic E-state index is -0.460. The van der Waals surface area contributed by atoms with Crippen LogP contribution in [0.2, 0.25) is 5.02 Å². The highest BCUT2D eigenvalue weighted by atomic mass is 35.5. The van der Waals surface area contributed by atoms with Crippen molar-refractivity contribution in [3.05, 3.63) is 65.6 Å². The molecule has 0 unspecified atom stereocenters. The number of halogens is 2. The van der Waals surface area contributed by atoms with Gasteiger partial charge in [-0.15, -0.1) is 0 Å². The Morgan fingerprint density at radius 1 is 1.05 bits per heavy atom. The first kappa shape index (κ1) is 25.7. The zero-order chi connectivity index (χ0) is 28.2. The Bertz CT molecular complexity index is 1810. The molecule has 3 aliphatic carbocycles. The quantitative estimate of drug-likeness (QED) is 0.204. The Morgan fingerprint density at radius 3 is 2.61 bits per heavy atom. The van der Waals surface area contributed by atoms with Gasteiger partial charge in [0.1, 0.15) is 23.6 Å². The second-order valence-electron chi connectivity index (χ2n) is 10.7. The number of aromatic nitrogens is 7. The van der Waals surface area contributed by atoms with Crippen molar-refractivity contribution < 1.29 is 18.7 Å². The first-order valence-electron chi connectivity index (χ1n) is 13.5. The first-order chi connectivity index (χ1) is 19.9. The molecule has 3 fully saturated rings. The Labute approximate surface area is 238 Å². The van der Waals surface area contributed by atoms with Crippen molar-refractivity contribution in [3.63, 3.8) is 0 Å². The van der Waals surface area contributed by atoms with Gasteiger partial charge in [0.25, 0.3) is 0 Å². The summed E-state index contributed by atoms with van der Waals surface area (Å²) < 4.78 is 23.7. The van der Waals surface area contributed by atoms with Crippen molar-refractivity contribution in [1.82, 2.24) is 34.3 Å². The number of carbonyl (C=O) groups is 2. The molecule has 0 aliphatic heterocycles. The van der Waals surface area contributed by atoms with E-state index in [1.54, 1.807) is 35.0 Å². The van der Waals surface area contributed by atoms with Crippen LogP contribution >= 0.6 is 11.6 Å². The fraction of sp³-hybridized carbons (Fsp3) is 0.345. The van der Waals surface area contributed by atoms with Crippen molar-refractivity contribution in [2.24, 2.45) is 17.8 Å². The molecule has 8 rings (SSSR count). The molecule has 10 nitrogen and oxygen atoms in total. The van der Waals surface area contributed by atoms with Crippen molar-refractivity contribution in [2.75, 3.05) is 7.11 Å². The fourth-order valence-corrected chi connectivity index (χ4v) is 6.83. The standard InChI is InChI=1S/C29H25ClFN7O3/c1-41-29(40)23-15-5-7-16(8-6-15)25(23)37-13-20(31)19-12-33-26(35-28(19)37)24-18-10-17(30)11-34-27(18)38(36-24)14-22(39)21-4-2-3-9-32-21/h2-4,9-13,15-16,23,25H,5-8,14H2,1H3/t15?,16?,23-,25-/m0/s1. The summed E-state index contributed by atoms with van der Waals surface area (Å²) in [5, 5.41) is 5.84. The number of methoxy groups -OCH3 is 1. The van der Waals surface area contributed by atoms with Gasteiger partial charge in [-0.1, -0.05) is 17.7 Å². The second kappa shape index (κ2) is 9.99. The maximum Gasteiger partial charge on any atom is 0.311 e. The van der Waals surface area contributed by atoms with E-state index in [1.807, 2.05) is 0 Å². The maximum atomic E-state index is 15.3. The van der Waals surface area contributed by atoms with Crippen LogP contribution in [-0.2, 0) is 16.1 Å². The number of fused-ring (bicyclic) bond motifs is 5. The second-order valence-corrected chi connectivity index (χ2v) is 11.1. The lowest BCUT2D eigenvalue weighted by molar-refractivity contribution is -0.155. The summed E-state index contributed by atoms with van der Waals surface area (Å²) in [6.45, 7) is -0.110. The Kier molecular flexibility index (Phi) is 6.26. The van der Waals surface area contributed by atoms with Gasteiger partial charge in [0.2, 0.25) is 5.78 Å². The molecule has 2 atom stereocenters. The monoisotopic (exact) mass is 573 g/mol. The van der Waals surface area contributed by atoms with Crippen molar-refractivity contribution in [2.45, 2.75) is 38.3 Å². The van der Waals surface area contributed by atoms with E-state index in [0.717, 1.165) is 25.7 Å². The molecule has 0 amide bonds. The summed E-state index contributed by atoms with van der Waals surface area (Å²) in [6.07, 6.45) is 9.72. The number of hydrogen-bond donors (Lipinski definition) is 0. The highest BCUT2D eigenvalue weighted by Crippen LogP contribution is 2.52. The normalized spacial score (nSPS) is 21.9. The molecule has 0 N–H and O–H groups in total. The average Bonchev–Trinajstić information content (AvgIpc) is 3.53. The van der Waals surface area contributed by atoms with Gasteiger partial charge in [-0.05, 0) is 55.7 Å². The number of carbonyl (C=O) groups excluding carboxylic acids is 2. The number of Topliss-reactive ketones (excluding diaryl/α,β-unsaturated/α-hetero) is 1. The zero-order valence-electron chi connectivity index (χ0n) is 22.1. The van der Waals surface area contributed by atoms with Crippen LogP contribution in [0.3, 0.4) is 0 Å². The van der Waals surface area contributed by atoms with Crippen LogP contribution in [0.4, 0.5) is 4.39 Å². The topological polar surface area (TPSA) is 118 Å². The third-order valence-corrected chi connectivity index (χ3v) is 8.71. The lowest BCUT2D eigenvalue weighted by Crippen LogP contribution is -2.45. The molecule has 12 heteroatoms. The third-order valence-electron chi connectivity index (χ3n) is 8.50. The molecule has 5 heterocycles.